The molecule has 1 nitrogen and oxygen atoms in total. The van der Waals surface area contributed by atoms with E-state index in [-0.39, 0.29) is 0 Å². The molecule has 0 spiro atoms. The third-order valence-electron chi connectivity index (χ3n) is 3.99. The Hall–Kier alpha value is -0.760. The predicted octanol–water partition coefficient (Wildman–Crippen LogP) is 6.54. The Balaban J connectivity index is 1.68. The number of hydrogen-bond acceptors (Lipinski definition) is 0. The first kappa shape index (κ1) is 15.6. The number of halogens is 1. The van der Waals surface area contributed by atoms with E-state index in [1.165, 1.54) is 62.3 Å². The Morgan fingerprint density at radius 3 is 2.35 bits per heavy atom. The lowest BCUT2D eigenvalue weighted by Gasteiger charge is -2.06. The number of nitrogens with zero attached hydrogens (tertiary/aromatic N) is 1. The van der Waals surface area contributed by atoms with E-state index in [4.69, 9.17) is 0 Å². The van der Waals surface area contributed by atoms with E-state index in [2.05, 4.69) is 57.9 Å². The molecule has 1 aromatic heterocycles. The number of unbranched alkanes of at least 4 members (excludes halogenated alkanes) is 7. The summed E-state index contributed by atoms with van der Waals surface area (Å²) in [6.07, 6.45) is 13.3. The summed E-state index contributed by atoms with van der Waals surface area (Å²) in [4.78, 5) is 0. The molecule has 110 valence electrons. The van der Waals surface area contributed by atoms with Gasteiger partial charge < -0.3 is 4.57 Å². The van der Waals surface area contributed by atoms with Crippen molar-refractivity contribution in [3.8, 4) is 0 Å². The van der Waals surface area contributed by atoms with Gasteiger partial charge in [-0.15, -0.1) is 0 Å². The van der Waals surface area contributed by atoms with Crippen LogP contribution in [0.15, 0.2) is 34.9 Å². The van der Waals surface area contributed by atoms with Gasteiger partial charge in [0.25, 0.3) is 0 Å². The summed E-state index contributed by atoms with van der Waals surface area (Å²) < 4.78 is 3.55. The quantitative estimate of drug-likeness (QED) is 0.458. The molecule has 0 atom stereocenters. The maximum atomic E-state index is 3.53. The number of benzene rings is 1. The summed E-state index contributed by atoms with van der Waals surface area (Å²) in [5, 5.41) is 1.33. The lowest BCUT2D eigenvalue weighted by atomic mass is 10.1. The molecule has 1 heterocycles. The van der Waals surface area contributed by atoms with Crippen LogP contribution in [-0.4, -0.2) is 4.57 Å². The molecule has 0 fully saturated rings. The first-order valence-electron chi connectivity index (χ1n) is 8.05. The summed E-state index contributed by atoms with van der Waals surface area (Å²) in [6, 6.07) is 8.75. The number of hydrogen-bond donors (Lipinski definition) is 0. The summed E-state index contributed by atoms with van der Waals surface area (Å²) >= 11 is 3.53. The molecule has 2 heteroatoms. The van der Waals surface area contributed by atoms with Gasteiger partial charge >= 0.3 is 0 Å². The van der Waals surface area contributed by atoms with Crippen molar-refractivity contribution >= 4 is 26.8 Å². The zero-order valence-electron chi connectivity index (χ0n) is 12.6. The molecular weight excluding hydrogens is 310 g/mol. The first-order chi connectivity index (χ1) is 9.81. The molecule has 1 aromatic carbocycles. The molecular formula is C18H26BrN. The van der Waals surface area contributed by atoms with Gasteiger partial charge in [0.05, 0.1) is 0 Å². The molecule has 0 amide bonds. The molecule has 2 rings (SSSR count). The Labute approximate surface area is 131 Å². The summed E-state index contributed by atoms with van der Waals surface area (Å²) in [5.74, 6) is 0. The van der Waals surface area contributed by atoms with Gasteiger partial charge in [0.15, 0.2) is 0 Å². The van der Waals surface area contributed by atoms with Gasteiger partial charge in [0.1, 0.15) is 0 Å². The van der Waals surface area contributed by atoms with Gasteiger partial charge in [-0.25, -0.2) is 0 Å². The minimum Gasteiger partial charge on any atom is -0.347 e. The van der Waals surface area contributed by atoms with Gasteiger partial charge in [0, 0.05) is 28.1 Å². The Morgan fingerprint density at radius 1 is 0.900 bits per heavy atom. The van der Waals surface area contributed by atoms with Gasteiger partial charge in [0.2, 0.25) is 0 Å². The average Bonchev–Trinajstić information content (AvgIpc) is 2.84. The molecule has 0 aliphatic heterocycles. The van der Waals surface area contributed by atoms with Crippen LogP contribution in [0.25, 0.3) is 10.9 Å². The zero-order chi connectivity index (χ0) is 14.2. The van der Waals surface area contributed by atoms with E-state index in [0.717, 1.165) is 11.0 Å². The van der Waals surface area contributed by atoms with E-state index in [9.17, 15) is 0 Å². The van der Waals surface area contributed by atoms with Crippen LogP contribution in [0.5, 0.6) is 0 Å². The average molecular weight is 336 g/mol. The molecule has 0 radical (unpaired) electrons. The lowest BCUT2D eigenvalue weighted by molar-refractivity contribution is 0.549. The monoisotopic (exact) mass is 335 g/mol. The van der Waals surface area contributed by atoms with E-state index in [1.807, 2.05) is 0 Å². The number of aromatic nitrogens is 1. The van der Waals surface area contributed by atoms with Crippen LogP contribution in [-0.2, 0) is 6.54 Å². The smallest absolute Gasteiger partial charge is 0.0481 e. The highest BCUT2D eigenvalue weighted by Crippen LogP contribution is 2.21. The molecule has 0 N–H and O–H groups in total. The van der Waals surface area contributed by atoms with Gasteiger partial charge in [-0.1, -0.05) is 67.8 Å². The predicted molar refractivity (Wildman–Crippen MR) is 92.2 cm³/mol. The summed E-state index contributed by atoms with van der Waals surface area (Å²) in [7, 11) is 0. The van der Waals surface area contributed by atoms with Gasteiger partial charge in [-0.05, 0) is 30.7 Å². The second-order valence-electron chi connectivity index (χ2n) is 5.69. The van der Waals surface area contributed by atoms with Crippen molar-refractivity contribution in [2.75, 3.05) is 0 Å². The van der Waals surface area contributed by atoms with Crippen molar-refractivity contribution in [2.24, 2.45) is 0 Å². The molecule has 0 bridgehead atoms. The van der Waals surface area contributed by atoms with Crippen molar-refractivity contribution in [2.45, 2.75) is 64.8 Å². The standard InChI is InChI=1S/C18H26BrN/c1-2-3-4-5-6-7-8-9-13-20-14-12-16-15-17(19)10-11-18(16)20/h10-12,14-15H,2-9,13H2,1H3. The largest absolute Gasteiger partial charge is 0.347 e. The van der Waals surface area contributed by atoms with Crippen LogP contribution >= 0.6 is 15.9 Å². The topological polar surface area (TPSA) is 4.93 Å². The minimum absolute atomic E-state index is 1.15. The Kier molecular flexibility index (Phi) is 6.65. The van der Waals surface area contributed by atoms with Crippen molar-refractivity contribution < 1.29 is 0 Å². The number of aryl methyl sites for hydroxylation is 1. The molecule has 0 saturated carbocycles. The van der Waals surface area contributed by atoms with E-state index in [1.54, 1.807) is 0 Å². The summed E-state index contributed by atoms with van der Waals surface area (Å²) in [6.45, 7) is 3.43. The van der Waals surface area contributed by atoms with Crippen LogP contribution in [0, 0.1) is 0 Å². The highest BCUT2D eigenvalue weighted by atomic mass is 79.9. The van der Waals surface area contributed by atoms with Crippen LogP contribution in [0.2, 0.25) is 0 Å². The molecule has 0 unspecified atom stereocenters. The molecule has 20 heavy (non-hydrogen) atoms. The minimum atomic E-state index is 1.15. The second kappa shape index (κ2) is 8.51. The normalized spacial score (nSPS) is 11.3. The van der Waals surface area contributed by atoms with E-state index >= 15 is 0 Å². The van der Waals surface area contributed by atoms with Crippen molar-refractivity contribution in [3.63, 3.8) is 0 Å². The fourth-order valence-electron chi connectivity index (χ4n) is 2.78. The van der Waals surface area contributed by atoms with E-state index in [0.29, 0.717) is 0 Å². The van der Waals surface area contributed by atoms with Crippen molar-refractivity contribution in [1.82, 2.24) is 4.57 Å². The SMILES string of the molecule is CCCCCCCCCCn1ccc2cc(Br)ccc21. The molecule has 2 aromatic rings. The molecule has 0 aliphatic carbocycles. The zero-order valence-corrected chi connectivity index (χ0v) is 14.2. The van der Waals surface area contributed by atoms with Gasteiger partial charge in [-0.3, -0.25) is 0 Å². The highest BCUT2D eigenvalue weighted by Gasteiger charge is 2.01. The van der Waals surface area contributed by atoms with Gasteiger partial charge in [-0.2, -0.15) is 0 Å². The van der Waals surface area contributed by atoms with Crippen LogP contribution < -0.4 is 0 Å². The summed E-state index contributed by atoms with van der Waals surface area (Å²) in [5.41, 5.74) is 1.36. The Morgan fingerprint density at radius 2 is 1.60 bits per heavy atom. The second-order valence-corrected chi connectivity index (χ2v) is 6.60. The van der Waals surface area contributed by atoms with Crippen molar-refractivity contribution in [3.05, 3.63) is 34.9 Å². The number of fused-ring (bicyclic) bond motifs is 1. The molecule has 0 saturated heterocycles. The van der Waals surface area contributed by atoms with Crippen LogP contribution in [0.3, 0.4) is 0 Å². The van der Waals surface area contributed by atoms with Crippen LogP contribution in [0.4, 0.5) is 0 Å². The highest BCUT2D eigenvalue weighted by molar-refractivity contribution is 9.10. The molecule has 0 aliphatic rings. The Bertz CT molecular complexity index is 515. The maximum Gasteiger partial charge on any atom is 0.0481 e. The number of rotatable bonds is 9. The van der Waals surface area contributed by atoms with E-state index < -0.39 is 0 Å². The first-order valence-corrected chi connectivity index (χ1v) is 8.85. The van der Waals surface area contributed by atoms with Crippen LogP contribution in [0.1, 0.15) is 58.3 Å². The third-order valence-corrected chi connectivity index (χ3v) is 4.48. The van der Waals surface area contributed by atoms with Crippen molar-refractivity contribution in [1.29, 1.82) is 0 Å². The fraction of sp³-hybridized carbons (Fsp3) is 0.556. The maximum absolute atomic E-state index is 3.53. The fourth-order valence-corrected chi connectivity index (χ4v) is 3.16. The lowest BCUT2D eigenvalue weighted by Crippen LogP contribution is -1.95. The third kappa shape index (κ3) is 4.66.